The molecule has 3 N–H and O–H groups in total. The number of aryl methyl sites for hydroxylation is 1. The molecule has 0 bridgehead atoms. The van der Waals surface area contributed by atoms with Crippen molar-refractivity contribution in [3.8, 4) is 0 Å². The van der Waals surface area contributed by atoms with Gasteiger partial charge in [-0.2, -0.15) is 5.10 Å². The second-order valence-electron chi connectivity index (χ2n) is 5.84. The van der Waals surface area contributed by atoms with Gasteiger partial charge in [0.2, 0.25) is 0 Å². The molecule has 0 aliphatic rings. The van der Waals surface area contributed by atoms with Crippen molar-refractivity contribution in [3.05, 3.63) is 70.1 Å². The Balaban J connectivity index is 1.71. The minimum absolute atomic E-state index is 0.157. The zero-order valence-electron chi connectivity index (χ0n) is 13.6. The summed E-state index contributed by atoms with van der Waals surface area (Å²) in [4.78, 5) is 26.7. The van der Waals surface area contributed by atoms with Gasteiger partial charge in [-0.25, -0.2) is 5.10 Å². The van der Waals surface area contributed by atoms with E-state index in [1.807, 2.05) is 18.2 Å². The number of fused-ring (bicyclic) bond motifs is 3. The molecule has 0 aliphatic carbocycles. The SMILES string of the molecule is CCc1cccc2c1[nH]c1cc(NC(=O)c3ccc(=O)[nH]n3)ccc12. The molecule has 2 aromatic heterocycles. The van der Waals surface area contributed by atoms with Crippen molar-refractivity contribution < 1.29 is 4.79 Å². The number of H-pyrrole nitrogens is 2. The van der Waals surface area contributed by atoms with Crippen molar-refractivity contribution in [1.29, 1.82) is 0 Å². The van der Waals surface area contributed by atoms with Gasteiger partial charge >= 0.3 is 0 Å². The van der Waals surface area contributed by atoms with Crippen LogP contribution in [0.5, 0.6) is 0 Å². The van der Waals surface area contributed by atoms with Gasteiger partial charge < -0.3 is 10.3 Å². The van der Waals surface area contributed by atoms with Crippen LogP contribution in [0.3, 0.4) is 0 Å². The van der Waals surface area contributed by atoms with Crippen LogP contribution in [0.2, 0.25) is 0 Å². The molecule has 2 aromatic carbocycles. The molecular weight excluding hydrogens is 316 g/mol. The number of para-hydroxylation sites is 1. The number of hydrogen-bond donors (Lipinski definition) is 3. The fourth-order valence-electron chi connectivity index (χ4n) is 3.03. The molecule has 2 heterocycles. The number of nitrogens with one attached hydrogen (secondary N) is 3. The maximum absolute atomic E-state index is 12.2. The molecule has 6 nitrogen and oxygen atoms in total. The van der Waals surface area contributed by atoms with Crippen molar-refractivity contribution in [2.24, 2.45) is 0 Å². The maximum Gasteiger partial charge on any atom is 0.276 e. The van der Waals surface area contributed by atoms with E-state index in [-0.39, 0.29) is 17.2 Å². The molecule has 1 amide bonds. The van der Waals surface area contributed by atoms with Gasteiger partial charge in [0.1, 0.15) is 5.69 Å². The Hall–Kier alpha value is -3.41. The average molecular weight is 332 g/mol. The molecule has 0 spiro atoms. The first-order valence-corrected chi connectivity index (χ1v) is 8.06. The van der Waals surface area contributed by atoms with E-state index in [0.29, 0.717) is 5.69 Å². The lowest BCUT2D eigenvalue weighted by atomic mass is 10.1. The van der Waals surface area contributed by atoms with Gasteiger partial charge in [0.25, 0.3) is 11.5 Å². The Morgan fingerprint density at radius 2 is 2.00 bits per heavy atom. The molecule has 0 radical (unpaired) electrons. The fourth-order valence-corrected chi connectivity index (χ4v) is 3.03. The molecule has 0 saturated carbocycles. The summed E-state index contributed by atoms with van der Waals surface area (Å²) < 4.78 is 0. The van der Waals surface area contributed by atoms with Crippen LogP contribution in [0.25, 0.3) is 21.8 Å². The van der Waals surface area contributed by atoms with Gasteiger partial charge in [0, 0.05) is 33.6 Å². The summed E-state index contributed by atoms with van der Waals surface area (Å²) in [7, 11) is 0. The van der Waals surface area contributed by atoms with Crippen LogP contribution >= 0.6 is 0 Å². The summed E-state index contributed by atoms with van der Waals surface area (Å²) in [6.07, 6.45) is 0.950. The van der Waals surface area contributed by atoms with Crippen molar-refractivity contribution in [1.82, 2.24) is 15.2 Å². The third-order valence-electron chi connectivity index (χ3n) is 4.27. The smallest absolute Gasteiger partial charge is 0.276 e. The first kappa shape index (κ1) is 15.1. The van der Waals surface area contributed by atoms with Gasteiger partial charge in [0.15, 0.2) is 0 Å². The van der Waals surface area contributed by atoms with Crippen molar-refractivity contribution in [2.45, 2.75) is 13.3 Å². The number of aromatic nitrogens is 3. The number of aromatic amines is 2. The zero-order chi connectivity index (χ0) is 17.4. The van der Waals surface area contributed by atoms with Gasteiger partial charge in [-0.05, 0) is 30.2 Å². The normalized spacial score (nSPS) is 11.1. The highest BCUT2D eigenvalue weighted by Crippen LogP contribution is 2.29. The predicted octanol–water partition coefficient (Wildman–Crippen LogP) is 3.22. The number of rotatable bonds is 3. The van der Waals surface area contributed by atoms with E-state index >= 15 is 0 Å². The lowest BCUT2D eigenvalue weighted by Crippen LogP contribution is -2.17. The molecule has 0 aliphatic heterocycles. The maximum atomic E-state index is 12.2. The van der Waals surface area contributed by atoms with Crippen LogP contribution in [0.1, 0.15) is 23.0 Å². The highest BCUT2D eigenvalue weighted by molar-refractivity contribution is 6.10. The fraction of sp³-hybridized carbons (Fsp3) is 0.105. The van der Waals surface area contributed by atoms with Crippen LogP contribution in [-0.2, 0) is 6.42 Å². The summed E-state index contributed by atoms with van der Waals surface area (Å²) in [6.45, 7) is 2.13. The first-order valence-electron chi connectivity index (χ1n) is 8.06. The number of amides is 1. The van der Waals surface area contributed by atoms with Gasteiger partial charge in [-0.15, -0.1) is 0 Å². The number of carbonyl (C=O) groups excluding carboxylic acids is 1. The second-order valence-corrected chi connectivity index (χ2v) is 5.84. The monoisotopic (exact) mass is 332 g/mol. The minimum Gasteiger partial charge on any atom is -0.354 e. The van der Waals surface area contributed by atoms with Crippen LogP contribution in [0.15, 0.2) is 53.3 Å². The van der Waals surface area contributed by atoms with E-state index in [4.69, 9.17) is 0 Å². The highest BCUT2D eigenvalue weighted by Gasteiger charge is 2.11. The molecular formula is C19H16N4O2. The number of benzene rings is 2. The zero-order valence-corrected chi connectivity index (χ0v) is 13.6. The molecule has 124 valence electrons. The number of nitrogens with zero attached hydrogens (tertiary/aromatic N) is 1. The Morgan fingerprint density at radius 1 is 1.12 bits per heavy atom. The van der Waals surface area contributed by atoms with Crippen LogP contribution < -0.4 is 10.9 Å². The van der Waals surface area contributed by atoms with E-state index in [1.54, 1.807) is 0 Å². The Bertz CT molecular complexity index is 1140. The summed E-state index contributed by atoms with van der Waals surface area (Å²) in [5.41, 5.74) is 3.83. The molecule has 4 rings (SSSR count). The van der Waals surface area contributed by atoms with Crippen LogP contribution in [-0.4, -0.2) is 21.1 Å². The van der Waals surface area contributed by atoms with Crippen molar-refractivity contribution in [2.75, 3.05) is 5.32 Å². The topological polar surface area (TPSA) is 90.6 Å². The Morgan fingerprint density at radius 3 is 2.76 bits per heavy atom. The minimum atomic E-state index is -0.374. The van der Waals surface area contributed by atoms with Gasteiger partial charge in [-0.3, -0.25) is 9.59 Å². The van der Waals surface area contributed by atoms with Crippen LogP contribution in [0, 0.1) is 0 Å². The Kier molecular flexibility index (Phi) is 3.57. The lowest BCUT2D eigenvalue weighted by molar-refractivity contribution is 0.102. The highest BCUT2D eigenvalue weighted by atomic mass is 16.2. The van der Waals surface area contributed by atoms with Crippen LogP contribution in [0.4, 0.5) is 5.69 Å². The number of carbonyl (C=O) groups is 1. The molecule has 6 heteroatoms. The van der Waals surface area contributed by atoms with Gasteiger partial charge in [-0.1, -0.05) is 31.2 Å². The molecule has 0 fully saturated rings. The van der Waals surface area contributed by atoms with Crippen molar-refractivity contribution in [3.63, 3.8) is 0 Å². The molecule has 0 saturated heterocycles. The summed E-state index contributed by atoms with van der Waals surface area (Å²) in [6, 6.07) is 14.7. The first-order chi connectivity index (χ1) is 12.2. The summed E-state index contributed by atoms with van der Waals surface area (Å²) >= 11 is 0. The second kappa shape index (κ2) is 5.90. The van der Waals surface area contributed by atoms with Gasteiger partial charge in [0.05, 0.1) is 0 Å². The molecule has 25 heavy (non-hydrogen) atoms. The van der Waals surface area contributed by atoms with E-state index < -0.39 is 0 Å². The summed E-state index contributed by atoms with van der Waals surface area (Å²) in [5, 5.41) is 11.1. The Labute approximate surface area is 142 Å². The molecule has 4 aromatic rings. The van der Waals surface area contributed by atoms with E-state index in [9.17, 15) is 9.59 Å². The average Bonchev–Trinajstić information content (AvgIpc) is 3.00. The lowest BCUT2D eigenvalue weighted by Gasteiger charge is -2.04. The third-order valence-corrected chi connectivity index (χ3v) is 4.27. The number of hydrogen-bond acceptors (Lipinski definition) is 3. The quantitative estimate of drug-likeness (QED) is 0.538. The standard InChI is InChI=1S/C19H16N4O2/c1-2-11-4-3-5-14-13-7-6-12(10-16(13)21-18(11)14)20-19(25)15-8-9-17(24)23-22-15/h3-10,21H,2H2,1H3,(H,20,25)(H,23,24). The molecule has 0 atom stereocenters. The predicted molar refractivity (Wildman–Crippen MR) is 98.0 cm³/mol. The van der Waals surface area contributed by atoms with E-state index in [0.717, 1.165) is 22.8 Å². The number of anilines is 1. The van der Waals surface area contributed by atoms with E-state index in [1.165, 1.54) is 23.1 Å². The third kappa shape index (κ3) is 2.67. The van der Waals surface area contributed by atoms with Crippen molar-refractivity contribution >= 4 is 33.4 Å². The van der Waals surface area contributed by atoms with E-state index in [2.05, 4.69) is 45.6 Å². The summed E-state index contributed by atoms with van der Waals surface area (Å²) in [5.74, 6) is -0.374. The largest absolute Gasteiger partial charge is 0.354 e. The molecule has 0 unspecified atom stereocenters.